The van der Waals surface area contributed by atoms with E-state index in [0.717, 1.165) is 6.92 Å². The van der Waals surface area contributed by atoms with Gasteiger partial charge in [-0.1, -0.05) is 12.2 Å². The van der Waals surface area contributed by atoms with Crippen molar-refractivity contribution < 1.29 is 13.2 Å². The van der Waals surface area contributed by atoms with E-state index in [4.69, 9.17) is 0 Å². The van der Waals surface area contributed by atoms with E-state index in [9.17, 15) is 13.2 Å². The van der Waals surface area contributed by atoms with Crippen LogP contribution in [-0.2, 0) is 0 Å². The molecule has 0 aliphatic heterocycles. The van der Waals surface area contributed by atoms with Crippen LogP contribution in [0.2, 0.25) is 0 Å². The van der Waals surface area contributed by atoms with E-state index in [1.54, 1.807) is 6.92 Å². The van der Waals surface area contributed by atoms with E-state index in [-0.39, 0.29) is 6.54 Å². The summed E-state index contributed by atoms with van der Waals surface area (Å²) in [6.07, 6.45) is -4.16. The smallest absolute Gasteiger partial charge is 0.303 e. The van der Waals surface area contributed by atoms with E-state index in [2.05, 4.69) is 11.9 Å². The maximum absolute atomic E-state index is 11.8. The predicted molar refractivity (Wildman–Crippen MR) is 38.3 cm³/mol. The lowest BCUT2D eigenvalue weighted by Gasteiger charge is -2.16. The summed E-state index contributed by atoms with van der Waals surface area (Å²) in [5.41, 5.74) is 0.695. The third-order valence-electron chi connectivity index (χ3n) is 1.20. The molecule has 0 spiro atoms. The molecular weight excluding hydrogens is 155 g/mol. The first-order chi connectivity index (χ1) is 4.84. The van der Waals surface area contributed by atoms with Crippen molar-refractivity contribution in [2.45, 2.75) is 26.1 Å². The Morgan fingerprint density at radius 1 is 1.55 bits per heavy atom. The number of nitrogens with one attached hydrogen (secondary N) is 1. The SMILES string of the molecule is C=C(C)CNC(C)C(F)(F)F. The third-order valence-corrected chi connectivity index (χ3v) is 1.20. The van der Waals surface area contributed by atoms with Gasteiger partial charge in [0.1, 0.15) is 6.04 Å². The minimum atomic E-state index is -4.16. The average molecular weight is 167 g/mol. The maximum Gasteiger partial charge on any atom is 0.403 e. The van der Waals surface area contributed by atoms with Gasteiger partial charge in [0, 0.05) is 6.54 Å². The van der Waals surface area contributed by atoms with Gasteiger partial charge < -0.3 is 5.32 Å². The van der Waals surface area contributed by atoms with Crippen molar-refractivity contribution in [1.82, 2.24) is 5.32 Å². The van der Waals surface area contributed by atoms with Crippen LogP contribution in [0.4, 0.5) is 13.2 Å². The van der Waals surface area contributed by atoms with Crippen LogP contribution in [0.1, 0.15) is 13.8 Å². The van der Waals surface area contributed by atoms with Crippen LogP contribution in [-0.4, -0.2) is 18.8 Å². The summed E-state index contributed by atoms with van der Waals surface area (Å²) in [6.45, 7) is 6.45. The summed E-state index contributed by atoms with van der Waals surface area (Å²) in [5.74, 6) is 0. The van der Waals surface area contributed by atoms with Gasteiger partial charge in [-0.05, 0) is 13.8 Å². The van der Waals surface area contributed by atoms with Gasteiger partial charge in [-0.3, -0.25) is 0 Å². The zero-order chi connectivity index (χ0) is 9.07. The molecular formula is C7H12F3N. The molecule has 0 saturated carbocycles. The fraction of sp³-hybridized carbons (Fsp3) is 0.714. The van der Waals surface area contributed by atoms with Crippen molar-refractivity contribution in [3.63, 3.8) is 0 Å². The van der Waals surface area contributed by atoms with E-state index in [1.165, 1.54) is 0 Å². The van der Waals surface area contributed by atoms with Crippen LogP contribution >= 0.6 is 0 Å². The van der Waals surface area contributed by atoms with Crippen molar-refractivity contribution in [2.75, 3.05) is 6.54 Å². The topological polar surface area (TPSA) is 12.0 Å². The van der Waals surface area contributed by atoms with Crippen molar-refractivity contribution in [3.8, 4) is 0 Å². The zero-order valence-corrected chi connectivity index (χ0v) is 6.63. The van der Waals surface area contributed by atoms with Crippen molar-refractivity contribution >= 4 is 0 Å². The second-order valence-corrected chi connectivity index (χ2v) is 2.60. The molecule has 0 aliphatic carbocycles. The molecule has 0 amide bonds. The molecule has 11 heavy (non-hydrogen) atoms. The molecule has 1 unspecified atom stereocenters. The molecule has 0 aromatic rings. The highest BCUT2D eigenvalue weighted by Gasteiger charge is 2.35. The van der Waals surface area contributed by atoms with Gasteiger partial charge >= 0.3 is 6.18 Å². The second kappa shape index (κ2) is 3.76. The van der Waals surface area contributed by atoms with E-state index >= 15 is 0 Å². The number of alkyl halides is 3. The van der Waals surface area contributed by atoms with Crippen LogP contribution in [0.5, 0.6) is 0 Å². The zero-order valence-electron chi connectivity index (χ0n) is 6.63. The van der Waals surface area contributed by atoms with Crippen LogP contribution in [0.3, 0.4) is 0 Å². The lowest BCUT2D eigenvalue weighted by atomic mass is 10.3. The Morgan fingerprint density at radius 2 is 2.00 bits per heavy atom. The first kappa shape index (κ1) is 10.5. The molecule has 0 saturated heterocycles. The molecule has 0 aromatic carbocycles. The fourth-order valence-electron chi connectivity index (χ4n) is 0.443. The molecule has 0 bridgehead atoms. The predicted octanol–water partition coefficient (Wildman–Crippen LogP) is 2.10. The number of rotatable bonds is 3. The second-order valence-electron chi connectivity index (χ2n) is 2.60. The highest BCUT2D eigenvalue weighted by atomic mass is 19.4. The first-order valence-corrected chi connectivity index (χ1v) is 3.28. The summed E-state index contributed by atoms with van der Waals surface area (Å²) in [6, 6.07) is -1.46. The van der Waals surface area contributed by atoms with Gasteiger partial charge in [0.15, 0.2) is 0 Å². The van der Waals surface area contributed by atoms with Gasteiger partial charge in [-0.2, -0.15) is 13.2 Å². The fourth-order valence-corrected chi connectivity index (χ4v) is 0.443. The van der Waals surface area contributed by atoms with Gasteiger partial charge in [-0.25, -0.2) is 0 Å². The highest BCUT2D eigenvalue weighted by molar-refractivity contribution is 4.92. The number of halogens is 3. The lowest BCUT2D eigenvalue weighted by molar-refractivity contribution is -0.150. The maximum atomic E-state index is 11.8. The Kier molecular flexibility index (Phi) is 3.58. The average Bonchev–Trinajstić information content (AvgIpc) is 1.80. The van der Waals surface area contributed by atoms with Crippen molar-refractivity contribution in [3.05, 3.63) is 12.2 Å². The Morgan fingerprint density at radius 3 is 2.27 bits per heavy atom. The quantitative estimate of drug-likeness (QED) is 0.635. The number of hydrogen-bond donors (Lipinski definition) is 1. The third kappa shape index (κ3) is 4.84. The van der Waals surface area contributed by atoms with Crippen LogP contribution in [0.25, 0.3) is 0 Å². The molecule has 0 fully saturated rings. The molecule has 1 N–H and O–H groups in total. The minimum Gasteiger partial charge on any atom is -0.303 e. The molecule has 0 aromatic heterocycles. The normalized spacial score (nSPS) is 14.6. The largest absolute Gasteiger partial charge is 0.403 e. The molecule has 0 rings (SSSR count). The van der Waals surface area contributed by atoms with E-state index < -0.39 is 12.2 Å². The Bertz CT molecular complexity index is 139. The standard InChI is InChI=1S/C7H12F3N/c1-5(2)4-11-6(3)7(8,9)10/h6,11H,1,4H2,2-3H3. The van der Waals surface area contributed by atoms with Gasteiger partial charge in [0.25, 0.3) is 0 Å². The van der Waals surface area contributed by atoms with Gasteiger partial charge in [0.2, 0.25) is 0 Å². The summed E-state index contributed by atoms with van der Waals surface area (Å²) in [7, 11) is 0. The summed E-state index contributed by atoms with van der Waals surface area (Å²) < 4.78 is 35.4. The lowest BCUT2D eigenvalue weighted by Crippen LogP contribution is -2.40. The van der Waals surface area contributed by atoms with Crippen LogP contribution in [0, 0.1) is 0 Å². The molecule has 4 heteroatoms. The number of hydrogen-bond acceptors (Lipinski definition) is 1. The summed E-state index contributed by atoms with van der Waals surface area (Å²) >= 11 is 0. The molecule has 1 nitrogen and oxygen atoms in total. The minimum absolute atomic E-state index is 0.209. The first-order valence-electron chi connectivity index (χ1n) is 3.28. The Hall–Kier alpha value is -0.510. The van der Waals surface area contributed by atoms with E-state index in [1.807, 2.05) is 0 Å². The molecule has 1 atom stereocenters. The van der Waals surface area contributed by atoms with Crippen LogP contribution in [0.15, 0.2) is 12.2 Å². The summed E-state index contributed by atoms with van der Waals surface area (Å²) in [5, 5.41) is 2.30. The van der Waals surface area contributed by atoms with Crippen molar-refractivity contribution in [1.29, 1.82) is 0 Å². The van der Waals surface area contributed by atoms with Gasteiger partial charge in [-0.15, -0.1) is 0 Å². The van der Waals surface area contributed by atoms with E-state index in [0.29, 0.717) is 5.57 Å². The molecule has 0 heterocycles. The molecule has 66 valence electrons. The molecule has 0 aliphatic rings. The summed E-state index contributed by atoms with van der Waals surface area (Å²) in [4.78, 5) is 0. The van der Waals surface area contributed by atoms with Crippen LogP contribution < -0.4 is 5.32 Å². The molecule has 0 radical (unpaired) electrons. The monoisotopic (exact) mass is 167 g/mol. The van der Waals surface area contributed by atoms with Crippen molar-refractivity contribution in [2.24, 2.45) is 0 Å². The highest BCUT2D eigenvalue weighted by Crippen LogP contribution is 2.19. The van der Waals surface area contributed by atoms with Gasteiger partial charge in [0.05, 0.1) is 0 Å². The Labute approximate surface area is 64.3 Å². The Balaban J connectivity index is 3.70.